The Balaban J connectivity index is 1.81. The number of nitrogens with zero attached hydrogens (tertiary/aromatic N) is 1. The molecule has 1 aromatic carbocycles. The minimum Gasteiger partial charge on any atom is -0.483 e. The van der Waals surface area contributed by atoms with Crippen LogP contribution >= 0.6 is 23.4 Å². The molecule has 1 amide bonds. The fraction of sp³-hybridized carbons (Fsp3) is 0.385. The molecule has 1 saturated heterocycles. The lowest BCUT2D eigenvalue weighted by Gasteiger charge is -2.08. The lowest BCUT2D eigenvalue weighted by molar-refractivity contribution is -0.123. The molecule has 1 aliphatic rings. The number of nitrogens with one attached hydrogen (secondary N) is 1. The molecule has 0 spiro atoms. The third-order valence-electron chi connectivity index (χ3n) is 2.64. The van der Waals surface area contributed by atoms with E-state index in [-0.39, 0.29) is 12.5 Å². The summed E-state index contributed by atoms with van der Waals surface area (Å²) >= 11 is 7.67. The third kappa shape index (κ3) is 4.44. The van der Waals surface area contributed by atoms with Gasteiger partial charge in [0.15, 0.2) is 6.61 Å². The van der Waals surface area contributed by atoms with Gasteiger partial charge in [-0.05, 0) is 42.9 Å². The van der Waals surface area contributed by atoms with Gasteiger partial charge >= 0.3 is 0 Å². The Morgan fingerprint density at radius 1 is 1.58 bits per heavy atom. The van der Waals surface area contributed by atoms with Gasteiger partial charge in [0.1, 0.15) is 5.75 Å². The van der Waals surface area contributed by atoms with Gasteiger partial charge in [0.05, 0.1) is 0 Å². The molecule has 0 bridgehead atoms. The van der Waals surface area contributed by atoms with Gasteiger partial charge in [-0.25, -0.2) is 5.43 Å². The lowest BCUT2D eigenvalue weighted by atomic mass is 10.2. The molecular formula is C13H15ClN2O2S. The van der Waals surface area contributed by atoms with Crippen LogP contribution in [-0.2, 0) is 4.79 Å². The van der Waals surface area contributed by atoms with Crippen molar-refractivity contribution in [3.05, 3.63) is 28.8 Å². The number of hydrogen-bond donors (Lipinski definition) is 1. The highest BCUT2D eigenvalue weighted by molar-refractivity contribution is 8.00. The number of rotatable bonds is 4. The summed E-state index contributed by atoms with van der Waals surface area (Å²) in [5, 5.41) is 4.72. The van der Waals surface area contributed by atoms with Crippen LogP contribution in [0.1, 0.15) is 12.0 Å². The molecule has 6 heteroatoms. The van der Waals surface area contributed by atoms with Crippen LogP contribution in [0.25, 0.3) is 0 Å². The summed E-state index contributed by atoms with van der Waals surface area (Å²) in [5.74, 6) is 2.38. The normalized spacial score (nSPS) is 16.6. The first kappa shape index (κ1) is 14.2. The molecule has 1 heterocycles. The van der Waals surface area contributed by atoms with Gasteiger partial charge in [-0.2, -0.15) is 16.9 Å². The number of amides is 1. The fourth-order valence-corrected chi connectivity index (χ4v) is 2.83. The minimum atomic E-state index is -0.251. The maximum absolute atomic E-state index is 11.6. The van der Waals surface area contributed by atoms with Crippen molar-refractivity contribution in [3.8, 4) is 5.75 Å². The second kappa shape index (κ2) is 6.82. The number of hydrazone groups is 1. The average molecular weight is 299 g/mol. The van der Waals surface area contributed by atoms with E-state index in [1.165, 1.54) is 0 Å². The molecular weight excluding hydrogens is 284 g/mol. The Bertz CT molecular complexity index is 497. The summed E-state index contributed by atoms with van der Waals surface area (Å²) in [7, 11) is 0. The second-order valence-electron chi connectivity index (χ2n) is 4.21. The Morgan fingerprint density at radius 2 is 2.42 bits per heavy atom. The standard InChI is InChI=1S/C13H15ClN2O2S/c1-9-6-10(14)2-3-12(9)18-7-13(17)16-15-11-4-5-19-8-11/h2-3,6H,4-5,7-8H2,1H3,(H,16,17)/b15-11-. The molecule has 2 rings (SSSR count). The highest BCUT2D eigenvalue weighted by atomic mass is 35.5. The zero-order valence-corrected chi connectivity index (χ0v) is 12.2. The maximum Gasteiger partial charge on any atom is 0.277 e. The van der Waals surface area contributed by atoms with Gasteiger partial charge in [-0.3, -0.25) is 4.79 Å². The van der Waals surface area contributed by atoms with Crippen molar-refractivity contribution in [2.45, 2.75) is 13.3 Å². The van der Waals surface area contributed by atoms with Gasteiger partial charge in [-0.1, -0.05) is 11.6 Å². The summed E-state index contributed by atoms with van der Waals surface area (Å²) < 4.78 is 5.42. The van der Waals surface area contributed by atoms with Gasteiger partial charge in [0.25, 0.3) is 5.91 Å². The van der Waals surface area contributed by atoms with Gasteiger partial charge in [0.2, 0.25) is 0 Å². The predicted octanol–water partition coefficient (Wildman–Crippen LogP) is 2.64. The topological polar surface area (TPSA) is 50.7 Å². The molecule has 4 nitrogen and oxygen atoms in total. The van der Waals surface area contributed by atoms with Crippen molar-refractivity contribution in [2.24, 2.45) is 5.10 Å². The summed E-state index contributed by atoms with van der Waals surface area (Å²) in [6.45, 7) is 1.83. The van der Waals surface area contributed by atoms with Crippen LogP contribution in [0.15, 0.2) is 23.3 Å². The highest BCUT2D eigenvalue weighted by Gasteiger charge is 2.09. The van der Waals surface area contributed by atoms with E-state index in [4.69, 9.17) is 16.3 Å². The fourth-order valence-electron chi connectivity index (χ4n) is 1.63. The van der Waals surface area contributed by atoms with Crippen molar-refractivity contribution in [2.75, 3.05) is 18.1 Å². The maximum atomic E-state index is 11.6. The molecule has 0 saturated carbocycles. The van der Waals surface area contributed by atoms with E-state index in [0.717, 1.165) is 29.2 Å². The summed E-state index contributed by atoms with van der Waals surface area (Å²) in [4.78, 5) is 11.6. The highest BCUT2D eigenvalue weighted by Crippen LogP contribution is 2.21. The number of carbonyl (C=O) groups is 1. The van der Waals surface area contributed by atoms with Crippen LogP contribution in [0, 0.1) is 6.92 Å². The third-order valence-corrected chi connectivity index (χ3v) is 3.90. The Morgan fingerprint density at radius 3 is 3.11 bits per heavy atom. The van der Waals surface area contributed by atoms with Crippen LogP contribution in [0.4, 0.5) is 0 Å². The second-order valence-corrected chi connectivity index (χ2v) is 5.76. The van der Waals surface area contributed by atoms with E-state index < -0.39 is 0 Å². The van der Waals surface area contributed by atoms with Crippen LogP contribution in [-0.4, -0.2) is 29.7 Å². The summed E-state index contributed by atoms with van der Waals surface area (Å²) in [6, 6.07) is 5.28. The minimum absolute atomic E-state index is 0.0492. The molecule has 1 aliphatic heterocycles. The molecule has 1 aromatic rings. The van der Waals surface area contributed by atoms with E-state index >= 15 is 0 Å². The quantitative estimate of drug-likeness (QED) is 0.870. The van der Waals surface area contributed by atoms with E-state index in [9.17, 15) is 4.79 Å². The summed E-state index contributed by atoms with van der Waals surface area (Å²) in [5.41, 5.74) is 4.44. The number of aryl methyl sites for hydroxylation is 1. The number of benzene rings is 1. The number of hydrogen-bond acceptors (Lipinski definition) is 4. The van der Waals surface area contributed by atoms with E-state index in [1.54, 1.807) is 18.2 Å². The molecule has 102 valence electrons. The summed E-state index contributed by atoms with van der Waals surface area (Å²) in [6.07, 6.45) is 0.947. The number of thioether (sulfide) groups is 1. The van der Waals surface area contributed by atoms with Crippen LogP contribution < -0.4 is 10.2 Å². The number of carbonyl (C=O) groups excluding carboxylic acids is 1. The van der Waals surface area contributed by atoms with E-state index in [2.05, 4.69) is 10.5 Å². The Labute approximate surface area is 121 Å². The monoisotopic (exact) mass is 298 g/mol. The Kier molecular flexibility index (Phi) is 5.10. The SMILES string of the molecule is Cc1cc(Cl)ccc1OCC(=O)N/N=C1/CCSC1. The van der Waals surface area contributed by atoms with E-state index in [1.807, 2.05) is 18.7 Å². The largest absolute Gasteiger partial charge is 0.483 e. The van der Waals surface area contributed by atoms with Crippen molar-refractivity contribution in [1.82, 2.24) is 5.43 Å². The zero-order valence-electron chi connectivity index (χ0n) is 10.6. The molecule has 0 atom stereocenters. The van der Waals surface area contributed by atoms with Crippen LogP contribution in [0.5, 0.6) is 5.75 Å². The smallest absolute Gasteiger partial charge is 0.277 e. The molecule has 0 aromatic heterocycles. The van der Waals surface area contributed by atoms with Crippen molar-refractivity contribution in [3.63, 3.8) is 0 Å². The molecule has 0 aliphatic carbocycles. The molecule has 19 heavy (non-hydrogen) atoms. The van der Waals surface area contributed by atoms with Crippen LogP contribution in [0.3, 0.4) is 0 Å². The first-order chi connectivity index (χ1) is 9.15. The molecule has 0 radical (unpaired) electrons. The van der Waals surface area contributed by atoms with Gasteiger partial charge < -0.3 is 4.74 Å². The van der Waals surface area contributed by atoms with Crippen molar-refractivity contribution in [1.29, 1.82) is 0 Å². The van der Waals surface area contributed by atoms with Crippen molar-refractivity contribution < 1.29 is 9.53 Å². The zero-order chi connectivity index (χ0) is 13.7. The van der Waals surface area contributed by atoms with Gasteiger partial charge in [-0.15, -0.1) is 0 Å². The van der Waals surface area contributed by atoms with Crippen LogP contribution in [0.2, 0.25) is 5.02 Å². The predicted molar refractivity (Wildman–Crippen MR) is 79.2 cm³/mol. The first-order valence-corrected chi connectivity index (χ1v) is 7.49. The van der Waals surface area contributed by atoms with Gasteiger partial charge in [0, 0.05) is 16.5 Å². The molecule has 1 N–H and O–H groups in total. The number of halogens is 1. The van der Waals surface area contributed by atoms with Crippen molar-refractivity contribution >= 4 is 35.0 Å². The lowest BCUT2D eigenvalue weighted by Crippen LogP contribution is -2.26. The average Bonchev–Trinajstić information content (AvgIpc) is 2.88. The molecule has 0 unspecified atom stereocenters. The number of ether oxygens (including phenoxy) is 1. The first-order valence-electron chi connectivity index (χ1n) is 5.96. The Hall–Kier alpha value is -1.20. The van der Waals surface area contributed by atoms with E-state index in [0.29, 0.717) is 10.8 Å². The molecule has 1 fully saturated rings.